The van der Waals surface area contributed by atoms with Gasteiger partial charge in [0.15, 0.2) is 6.10 Å². The van der Waals surface area contributed by atoms with E-state index in [4.69, 9.17) is 49.9 Å². The molecule has 16 heteroatoms. The first-order valence-electron chi connectivity index (χ1n) is 4.26. The molecule has 4 atom stereocenters. The third-order valence-corrected chi connectivity index (χ3v) is 1.51. The predicted molar refractivity (Wildman–Crippen MR) is 76.9 cm³/mol. The van der Waals surface area contributed by atoms with Crippen LogP contribution in [-0.4, -0.2) is 196 Å². The van der Waals surface area contributed by atoms with Crippen molar-refractivity contribution in [3.63, 3.8) is 0 Å². The van der Waals surface area contributed by atoms with Crippen LogP contribution in [0.2, 0.25) is 0 Å². The summed E-state index contributed by atoms with van der Waals surface area (Å²) in [5.74, 6) is -1.73. The summed E-state index contributed by atoms with van der Waals surface area (Å²) in [5.41, 5.74) is 0. The monoisotopic (exact) mass is 476 g/mol. The van der Waals surface area contributed by atoms with Gasteiger partial charge in [-0.15, -0.1) is 0 Å². The topological polar surface area (TPSA) is 216 Å². The van der Waals surface area contributed by atoms with Gasteiger partial charge in [-0.2, -0.15) is 0 Å². The van der Waals surface area contributed by atoms with Crippen molar-refractivity contribution in [3.05, 3.63) is 0 Å². The van der Waals surface area contributed by atoms with Gasteiger partial charge in [-0.3, -0.25) is 0 Å². The molecule has 0 amide bonds. The maximum Gasteiger partial charge on any atom is 2.00 e. The smallest absolute Gasteiger partial charge is 1.00 e. The number of hydrogen-bond donors (Lipinski definition) is 9. The van der Waals surface area contributed by atoms with Gasteiger partial charge in [0, 0.05) is 17.1 Å². The zero-order valence-corrected chi connectivity index (χ0v) is 19.9. The second-order valence-corrected chi connectivity index (χ2v) is 4.05. The molecule has 0 unspecified atom stereocenters. The Labute approximate surface area is 234 Å². The summed E-state index contributed by atoms with van der Waals surface area (Å²) in [7, 11) is -4.64. The van der Waals surface area contributed by atoms with Gasteiger partial charge in [0.05, 0.1) is 6.61 Å². The maximum atomic E-state index is 10.1. The Kier molecular flexibility index (Phi) is 38.5. The van der Waals surface area contributed by atoms with Crippen LogP contribution in [0.5, 0.6) is 0 Å². The minimum Gasteiger partial charge on any atom is -1.00 e. The summed E-state index contributed by atoms with van der Waals surface area (Å²) in [6.07, 6.45) is -7.84. The van der Waals surface area contributed by atoms with E-state index in [9.17, 15) is 4.79 Å². The van der Waals surface area contributed by atoms with Crippen LogP contribution in [0, 0.1) is 0 Å². The van der Waals surface area contributed by atoms with Crippen molar-refractivity contribution in [1.29, 1.82) is 0 Å². The van der Waals surface area contributed by atoms with Crippen molar-refractivity contribution < 1.29 is 80.3 Å². The van der Waals surface area contributed by atoms with E-state index in [1.54, 1.807) is 0 Å². The first-order chi connectivity index (χ1) is 7.91. The van der Waals surface area contributed by atoms with E-state index in [2.05, 4.69) is 0 Å². The molecule has 0 aliphatic rings. The Morgan fingerprint density at radius 2 is 1.23 bits per heavy atom. The van der Waals surface area contributed by atoms with Gasteiger partial charge < -0.3 is 53.9 Å². The number of carboxylic acids is 1. The number of aliphatic hydroxyl groups is 5. The van der Waals surface area contributed by atoms with Crippen molar-refractivity contribution in [2.24, 2.45) is 0 Å². The molecule has 0 rings (SSSR count). The van der Waals surface area contributed by atoms with E-state index in [0.29, 0.717) is 0 Å². The number of aliphatic hydroxyl groups excluding tert-OH is 5. The second-order valence-electron chi connectivity index (χ2n) is 3.03. The number of carboxylic acid groups (broad SMARTS) is 1. The van der Waals surface area contributed by atoms with Crippen LogP contribution in [0.3, 0.4) is 0 Å². The normalized spacial score (nSPS) is 14.7. The summed E-state index contributed by atoms with van der Waals surface area (Å²) < 4.78 is 8.88. The number of aliphatic carboxylic acids is 1. The van der Waals surface area contributed by atoms with Gasteiger partial charge in [0.2, 0.25) is 0 Å². The van der Waals surface area contributed by atoms with Crippen molar-refractivity contribution in [1.82, 2.24) is 0 Å². The number of phosphoric acid groups is 1. The Morgan fingerprint density at radius 3 is 1.41 bits per heavy atom. The molecule has 9 N–H and O–H groups in total. The molecule has 0 spiro atoms. The van der Waals surface area contributed by atoms with Gasteiger partial charge in [-0.25, -0.2) is 9.36 Å². The van der Waals surface area contributed by atoms with Crippen LogP contribution in [0.15, 0.2) is 0 Å². The molecule has 0 aromatic heterocycles. The summed E-state index contributed by atoms with van der Waals surface area (Å²) >= 11 is 0. The van der Waals surface area contributed by atoms with E-state index >= 15 is 0 Å². The molecule has 0 fully saturated rings. The molecular formula is C6H21Ca3FeO11P. The van der Waals surface area contributed by atoms with Crippen molar-refractivity contribution in [3.8, 4) is 0 Å². The molecule has 0 aliphatic heterocycles. The number of carbonyl (C=O) groups is 1. The molecule has 130 valence electrons. The largest absolute Gasteiger partial charge is 2.00 e. The summed E-state index contributed by atoms with van der Waals surface area (Å²) in [6.45, 7) is -0.843. The first-order valence-corrected chi connectivity index (χ1v) is 5.82. The maximum absolute atomic E-state index is 10.1. The van der Waals surface area contributed by atoms with E-state index in [0.717, 1.165) is 0 Å². The molecule has 0 aromatic carbocycles. The molecule has 22 heavy (non-hydrogen) atoms. The fraction of sp³-hybridized carbons (Fsp3) is 0.833. The quantitative estimate of drug-likeness (QED) is 0.135. The van der Waals surface area contributed by atoms with E-state index < -0.39 is 44.8 Å². The first kappa shape index (κ1) is 40.4. The van der Waals surface area contributed by atoms with Gasteiger partial charge in [-0.05, 0) is 0 Å². The van der Waals surface area contributed by atoms with Gasteiger partial charge in [0.25, 0.3) is 0 Å². The standard InChI is InChI=1S/C6H12O7.3Ca.Fe.H3O4P.6H/c7-1-2(8)3(9)4(10)5(11)6(12)13;;;;;1-5(2,3)4;;;;;;/h2-5,7-11H,1H2,(H,12,13);;;;;(H3,1,2,3,4);;;;;;/q;3*+2;;;6*-1/t2-,3-,4+,5-;;;;;;;;;;;/m1.........../s1. The Bertz CT molecular complexity index is 318. The van der Waals surface area contributed by atoms with E-state index in [1.165, 1.54) is 0 Å². The van der Waals surface area contributed by atoms with Crippen LogP contribution in [-0.2, 0) is 26.4 Å². The minimum atomic E-state index is -4.64. The molecule has 0 aliphatic carbocycles. The van der Waals surface area contributed by atoms with Crippen LogP contribution < -0.4 is 0 Å². The van der Waals surface area contributed by atoms with Crippen molar-refractivity contribution in [2.75, 3.05) is 6.61 Å². The zero-order chi connectivity index (χ0) is 15.1. The van der Waals surface area contributed by atoms with E-state index in [1.807, 2.05) is 0 Å². The van der Waals surface area contributed by atoms with Crippen LogP contribution in [0.4, 0.5) is 0 Å². The van der Waals surface area contributed by atoms with E-state index in [-0.39, 0.29) is 139 Å². The zero-order valence-electron chi connectivity index (χ0n) is 17.3. The van der Waals surface area contributed by atoms with Gasteiger partial charge in [0.1, 0.15) is 18.3 Å². The third-order valence-electron chi connectivity index (χ3n) is 1.51. The molecule has 0 bridgehead atoms. The molecule has 0 heterocycles. The SMILES string of the molecule is O=C(O)[C@H](O)[C@@H](O)[C@H](O)[C@H](O)CO.O=P(O)(O)O.[Ca+2].[Ca+2].[Ca+2].[Fe].[H-].[H-].[H-].[H-].[H-].[H-]. The average Bonchev–Trinajstić information content (AvgIpc) is 2.22. The predicted octanol–water partition coefficient (Wildman–Crippen LogP) is -4.89. The fourth-order valence-electron chi connectivity index (χ4n) is 0.668. The Hall–Kier alpha value is 3.68. The summed E-state index contributed by atoms with van der Waals surface area (Å²) in [4.78, 5) is 31.7. The molecule has 0 saturated carbocycles. The van der Waals surface area contributed by atoms with Gasteiger partial charge in [-0.1, -0.05) is 0 Å². The van der Waals surface area contributed by atoms with Crippen LogP contribution >= 0.6 is 7.82 Å². The number of rotatable bonds is 5. The van der Waals surface area contributed by atoms with Crippen molar-refractivity contribution >= 4 is 127 Å². The summed E-state index contributed by atoms with van der Waals surface area (Å²) in [6, 6.07) is 0. The average molecular weight is 476 g/mol. The van der Waals surface area contributed by atoms with Crippen molar-refractivity contribution in [2.45, 2.75) is 24.4 Å². The molecule has 0 saturated heterocycles. The Balaban J connectivity index is -0.0000000156. The Morgan fingerprint density at radius 1 is 0.955 bits per heavy atom. The minimum absolute atomic E-state index is 0. The molecule has 0 aromatic rings. The number of hydrogen-bond acceptors (Lipinski definition) is 7. The third kappa shape index (κ3) is 25.9. The molecular weight excluding hydrogens is 455 g/mol. The summed E-state index contributed by atoms with van der Waals surface area (Å²) in [5, 5.41) is 51.8. The molecule has 0 radical (unpaired) electrons. The molecule has 11 nitrogen and oxygen atoms in total. The van der Waals surface area contributed by atoms with Gasteiger partial charge >= 0.3 is 127 Å². The van der Waals surface area contributed by atoms with Crippen LogP contribution in [0.1, 0.15) is 8.56 Å². The fourth-order valence-corrected chi connectivity index (χ4v) is 0.668. The van der Waals surface area contributed by atoms with Crippen LogP contribution in [0.25, 0.3) is 0 Å². The second kappa shape index (κ2) is 21.0.